The highest BCUT2D eigenvalue weighted by molar-refractivity contribution is 5.96. The van der Waals surface area contributed by atoms with Crippen molar-refractivity contribution in [3.63, 3.8) is 0 Å². The first-order chi connectivity index (χ1) is 9.72. The van der Waals surface area contributed by atoms with Crippen molar-refractivity contribution in [3.8, 4) is 11.5 Å². The van der Waals surface area contributed by atoms with Crippen molar-refractivity contribution in [2.45, 2.75) is 12.8 Å². The van der Waals surface area contributed by atoms with E-state index in [4.69, 9.17) is 9.47 Å². The summed E-state index contributed by atoms with van der Waals surface area (Å²) >= 11 is 0. The number of ether oxygens (including phenoxy) is 2. The van der Waals surface area contributed by atoms with Crippen molar-refractivity contribution >= 4 is 5.78 Å². The third-order valence-corrected chi connectivity index (χ3v) is 3.25. The number of aryl methyl sites for hydroxylation is 1. The topological polar surface area (TPSA) is 35.5 Å². The summed E-state index contributed by atoms with van der Waals surface area (Å²) in [5, 5.41) is 0. The van der Waals surface area contributed by atoms with Crippen LogP contribution in [0.25, 0.3) is 0 Å². The molecule has 0 saturated heterocycles. The molecule has 20 heavy (non-hydrogen) atoms. The minimum atomic E-state index is -0.268. The number of ketones is 1. The van der Waals surface area contributed by atoms with E-state index in [9.17, 15) is 9.18 Å². The van der Waals surface area contributed by atoms with Crippen LogP contribution in [0, 0.1) is 5.82 Å². The summed E-state index contributed by atoms with van der Waals surface area (Å²) in [7, 11) is 0. The number of rotatable bonds is 4. The Morgan fingerprint density at radius 3 is 2.60 bits per heavy atom. The zero-order chi connectivity index (χ0) is 13.9. The summed E-state index contributed by atoms with van der Waals surface area (Å²) in [6, 6.07) is 11.4. The van der Waals surface area contributed by atoms with Crippen molar-refractivity contribution in [2.24, 2.45) is 0 Å². The van der Waals surface area contributed by atoms with Crippen LogP contribution in [0.15, 0.2) is 42.5 Å². The Labute approximate surface area is 115 Å². The average molecular weight is 272 g/mol. The number of halogens is 1. The summed E-state index contributed by atoms with van der Waals surface area (Å²) in [6.45, 7) is 0.197. The summed E-state index contributed by atoms with van der Waals surface area (Å²) in [6.07, 6.45) is 0.971. The highest BCUT2D eigenvalue weighted by Crippen LogP contribution is 2.32. The molecule has 0 amide bonds. The van der Waals surface area contributed by atoms with E-state index in [2.05, 4.69) is 0 Å². The fraction of sp³-hybridized carbons (Fsp3) is 0.188. The van der Waals surface area contributed by atoms with Crippen LogP contribution in [0.3, 0.4) is 0 Å². The SMILES string of the molecule is O=C(CCc1ccc(F)cc1)c1ccc2c(c1)OCO2. The number of hydrogen-bond donors (Lipinski definition) is 0. The van der Waals surface area contributed by atoms with Gasteiger partial charge in [-0.05, 0) is 42.3 Å². The van der Waals surface area contributed by atoms with Gasteiger partial charge in [0.05, 0.1) is 0 Å². The number of benzene rings is 2. The molecule has 0 saturated carbocycles. The highest BCUT2D eigenvalue weighted by Gasteiger charge is 2.16. The Kier molecular flexibility index (Phi) is 3.37. The molecule has 3 nitrogen and oxygen atoms in total. The number of carbonyl (C=O) groups is 1. The summed E-state index contributed by atoms with van der Waals surface area (Å²) in [4.78, 5) is 12.1. The molecule has 2 aromatic carbocycles. The predicted molar refractivity (Wildman–Crippen MR) is 71.6 cm³/mol. The van der Waals surface area contributed by atoms with Gasteiger partial charge in [0.1, 0.15) is 5.82 Å². The Hall–Kier alpha value is -2.36. The van der Waals surface area contributed by atoms with Gasteiger partial charge in [-0.25, -0.2) is 4.39 Å². The van der Waals surface area contributed by atoms with Gasteiger partial charge in [-0.15, -0.1) is 0 Å². The largest absolute Gasteiger partial charge is 0.454 e. The van der Waals surface area contributed by atoms with Crippen LogP contribution in [0.2, 0.25) is 0 Å². The van der Waals surface area contributed by atoms with Crippen LogP contribution < -0.4 is 9.47 Å². The minimum Gasteiger partial charge on any atom is -0.454 e. The molecule has 1 heterocycles. The van der Waals surface area contributed by atoms with Crippen molar-refractivity contribution < 1.29 is 18.7 Å². The normalized spacial score (nSPS) is 12.4. The van der Waals surface area contributed by atoms with Crippen LogP contribution in [-0.2, 0) is 6.42 Å². The van der Waals surface area contributed by atoms with E-state index in [1.807, 2.05) is 0 Å². The summed E-state index contributed by atoms with van der Waals surface area (Å²) in [5.74, 6) is 1.04. The van der Waals surface area contributed by atoms with E-state index in [-0.39, 0.29) is 18.4 Å². The van der Waals surface area contributed by atoms with Crippen LogP contribution in [0.5, 0.6) is 11.5 Å². The highest BCUT2D eigenvalue weighted by atomic mass is 19.1. The van der Waals surface area contributed by atoms with Crippen molar-refractivity contribution in [3.05, 3.63) is 59.4 Å². The molecule has 3 rings (SSSR count). The van der Waals surface area contributed by atoms with Crippen LogP contribution in [0.4, 0.5) is 4.39 Å². The van der Waals surface area contributed by atoms with E-state index >= 15 is 0 Å². The fourth-order valence-electron chi connectivity index (χ4n) is 2.12. The summed E-state index contributed by atoms with van der Waals surface area (Å²) < 4.78 is 23.2. The zero-order valence-corrected chi connectivity index (χ0v) is 10.8. The maximum atomic E-state index is 12.8. The first kappa shape index (κ1) is 12.7. The van der Waals surface area contributed by atoms with E-state index in [0.29, 0.717) is 29.9 Å². The number of Topliss-reactive ketones (excluding diaryl/α,β-unsaturated/α-hetero) is 1. The van der Waals surface area contributed by atoms with Crippen LogP contribution in [-0.4, -0.2) is 12.6 Å². The van der Waals surface area contributed by atoms with E-state index in [1.165, 1.54) is 12.1 Å². The van der Waals surface area contributed by atoms with Gasteiger partial charge < -0.3 is 9.47 Å². The second kappa shape index (κ2) is 5.33. The third kappa shape index (κ3) is 2.64. The van der Waals surface area contributed by atoms with Gasteiger partial charge in [-0.1, -0.05) is 12.1 Å². The maximum absolute atomic E-state index is 12.8. The first-order valence-corrected chi connectivity index (χ1v) is 6.40. The molecule has 2 aromatic rings. The van der Waals surface area contributed by atoms with Gasteiger partial charge in [-0.2, -0.15) is 0 Å². The van der Waals surface area contributed by atoms with Gasteiger partial charge in [0.2, 0.25) is 6.79 Å². The molecular formula is C16H13FO3. The molecule has 4 heteroatoms. The van der Waals surface area contributed by atoms with Crippen molar-refractivity contribution in [2.75, 3.05) is 6.79 Å². The molecule has 0 bridgehead atoms. The molecule has 0 unspecified atom stereocenters. The molecule has 1 aliphatic heterocycles. The quantitative estimate of drug-likeness (QED) is 0.800. The minimum absolute atomic E-state index is 0.0348. The smallest absolute Gasteiger partial charge is 0.231 e. The molecule has 0 fully saturated rings. The van der Waals surface area contributed by atoms with E-state index in [0.717, 1.165) is 5.56 Å². The lowest BCUT2D eigenvalue weighted by molar-refractivity contribution is 0.0982. The molecule has 0 aromatic heterocycles. The summed E-state index contributed by atoms with van der Waals surface area (Å²) in [5.41, 5.74) is 1.55. The Morgan fingerprint density at radius 1 is 1.05 bits per heavy atom. The Bertz CT molecular complexity index is 635. The Balaban J connectivity index is 1.66. The van der Waals surface area contributed by atoms with Crippen molar-refractivity contribution in [1.29, 1.82) is 0 Å². The zero-order valence-electron chi connectivity index (χ0n) is 10.8. The fourth-order valence-corrected chi connectivity index (χ4v) is 2.12. The number of fused-ring (bicyclic) bond motifs is 1. The second-order valence-electron chi connectivity index (χ2n) is 4.62. The lowest BCUT2D eigenvalue weighted by atomic mass is 10.0. The third-order valence-electron chi connectivity index (χ3n) is 3.25. The van der Waals surface area contributed by atoms with E-state index in [1.54, 1.807) is 30.3 Å². The standard InChI is InChI=1S/C16H13FO3/c17-13-5-1-11(2-6-13)3-7-14(18)12-4-8-15-16(9-12)20-10-19-15/h1-2,4-6,8-9H,3,7,10H2. The van der Waals surface area contributed by atoms with Crippen molar-refractivity contribution in [1.82, 2.24) is 0 Å². The van der Waals surface area contributed by atoms with Gasteiger partial charge in [0.25, 0.3) is 0 Å². The van der Waals surface area contributed by atoms with Gasteiger partial charge >= 0.3 is 0 Å². The molecule has 0 atom stereocenters. The van der Waals surface area contributed by atoms with Crippen LogP contribution in [0.1, 0.15) is 22.3 Å². The average Bonchev–Trinajstić information content (AvgIpc) is 2.93. The first-order valence-electron chi connectivity index (χ1n) is 6.40. The van der Waals surface area contributed by atoms with Gasteiger partial charge in [0, 0.05) is 12.0 Å². The molecule has 0 spiro atoms. The predicted octanol–water partition coefficient (Wildman–Crippen LogP) is 3.37. The van der Waals surface area contributed by atoms with Gasteiger partial charge in [-0.3, -0.25) is 4.79 Å². The molecule has 102 valence electrons. The monoisotopic (exact) mass is 272 g/mol. The van der Waals surface area contributed by atoms with E-state index < -0.39 is 0 Å². The Morgan fingerprint density at radius 2 is 1.80 bits per heavy atom. The maximum Gasteiger partial charge on any atom is 0.231 e. The molecular weight excluding hydrogens is 259 g/mol. The molecule has 1 aliphatic rings. The number of hydrogen-bond acceptors (Lipinski definition) is 3. The van der Waals surface area contributed by atoms with Gasteiger partial charge in [0.15, 0.2) is 17.3 Å². The molecule has 0 radical (unpaired) electrons. The molecule has 0 N–H and O–H groups in total. The van der Waals surface area contributed by atoms with Crippen LogP contribution >= 0.6 is 0 Å². The number of carbonyl (C=O) groups excluding carboxylic acids is 1. The lowest BCUT2D eigenvalue weighted by Crippen LogP contribution is -2.01. The second-order valence-corrected chi connectivity index (χ2v) is 4.62. The lowest BCUT2D eigenvalue weighted by Gasteiger charge is -2.03. The molecule has 0 aliphatic carbocycles.